The smallest absolute Gasteiger partial charge is 0.123 e. The number of hydrogen-bond donors (Lipinski definition) is 1. The highest BCUT2D eigenvalue weighted by Gasteiger charge is 2.20. The largest absolute Gasteiger partial charge is 0.494 e. The maximum atomic E-state index is 5.60. The summed E-state index contributed by atoms with van der Waals surface area (Å²) in [6.45, 7) is 5.81. The second kappa shape index (κ2) is 4.67. The van der Waals surface area contributed by atoms with Crippen LogP contribution >= 0.6 is 0 Å². The molecule has 0 spiro atoms. The summed E-state index contributed by atoms with van der Waals surface area (Å²) in [7, 11) is 0. The third kappa shape index (κ3) is 2.96. The quantitative estimate of drug-likeness (QED) is 0.798. The molecule has 1 saturated carbocycles. The number of aryl methyl sites for hydroxylation is 1. The first-order chi connectivity index (χ1) is 7.29. The van der Waals surface area contributed by atoms with Crippen molar-refractivity contribution in [1.82, 2.24) is 5.32 Å². The molecule has 0 heterocycles. The Morgan fingerprint density at radius 3 is 2.87 bits per heavy atom. The van der Waals surface area contributed by atoms with Crippen LogP contribution in [0.25, 0.3) is 0 Å². The van der Waals surface area contributed by atoms with Gasteiger partial charge in [-0.25, -0.2) is 0 Å². The van der Waals surface area contributed by atoms with Gasteiger partial charge >= 0.3 is 0 Å². The summed E-state index contributed by atoms with van der Waals surface area (Å²) < 4.78 is 5.60. The Morgan fingerprint density at radius 1 is 1.40 bits per heavy atom. The van der Waals surface area contributed by atoms with Crippen LogP contribution in [0, 0.1) is 6.92 Å². The summed E-state index contributed by atoms with van der Waals surface area (Å²) in [5.74, 6) is 1.02. The fraction of sp³-hybridized carbons (Fsp3) is 0.538. The van der Waals surface area contributed by atoms with Crippen LogP contribution in [0.3, 0.4) is 0 Å². The van der Waals surface area contributed by atoms with Crippen LogP contribution in [0.1, 0.15) is 30.9 Å². The van der Waals surface area contributed by atoms with Gasteiger partial charge in [0.15, 0.2) is 0 Å². The predicted molar refractivity (Wildman–Crippen MR) is 62.2 cm³/mol. The van der Waals surface area contributed by atoms with Gasteiger partial charge in [-0.05, 0) is 32.8 Å². The van der Waals surface area contributed by atoms with Gasteiger partial charge < -0.3 is 10.1 Å². The number of nitrogens with one attached hydrogen (secondary N) is 1. The third-order valence-electron chi connectivity index (χ3n) is 2.67. The van der Waals surface area contributed by atoms with E-state index >= 15 is 0 Å². The number of rotatable bonds is 5. The van der Waals surface area contributed by atoms with Crippen LogP contribution in [0.15, 0.2) is 18.2 Å². The highest BCUT2D eigenvalue weighted by atomic mass is 16.5. The minimum Gasteiger partial charge on any atom is -0.494 e. The molecule has 1 N–H and O–H groups in total. The zero-order valence-corrected chi connectivity index (χ0v) is 9.55. The Morgan fingerprint density at radius 2 is 2.20 bits per heavy atom. The van der Waals surface area contributed by atoms with Crippen molar-refractivity contribution in [2.24, 2.45) is 0 Å². The van der Waals surface area contributed by atoms with Gasteiger partial charge in [0.2, 0.25) is 0 Å². The Balaban J connectivity index is 2.05. The van der Waals surface area contributed by atoms with Crippen molar-refractivity contribution in [2.75, 3.05) is 6.61 Å². The molecule has 82 valence electrons. The Hall–Kier alpha value is -1.02. The van der Waals surface area contributed by atoms with Crippen molar-refractivity contribution in [3.63, 3.8) is 0 Å². The van der Waals surface area contributed by atoms with Gasteiger partial charge in [-0.2, -0.15) is 0 Å². The molecule has 1 aliphatic rings. The minimum atomic E-state index is 0.736. The van der Waals surface area contributed by atoms with Crippen LogP contribution in [-0.4, -0.2) is 12.6 Å². The molecule has 1 aliphatic carbocycles. The summed E-state index contributed by atoms with van der Waals surface area (Å²) in [4.78, 5) is 0. The Labute approximate surface area is 91.6 Å². The van der Waals surface area contributed by atoms with Gasteiger partial charge in [-0.1, -0.05) is 17.7 Å². The molecule has 2 rings (SSSR count). The van der Waals surface area contributed by atoms with Gasteiger partial charge in [0.1, 0.15) is 5.75 Å². The summed E-state index contributed by atoms with van der Waals surface area (Å²) in [5.41, 5.74) is 2.58. The lowest BCUT2D eigenvalue weighted by Crippen LogP contribution is -2.16. The van der Waals surface area contributed by atoms with Crippen molar-refractivity contribution >= 4 is 0 Å². The lowest BCUT2D eigenvalue weighted by atomic mass is 10.1. The second-order valence-corrected chi connectivity index (χ2v) is 4.20. The molecule has 0 radical (unpaired) electrons. The van der Waals surface area contributed by atoms with Crippen molar-refractivity contribution in [1.29, 1.82) is 0 Å². The van der Waals surface area contributed by atoms with Gasteiger partial charge in [0, 0.05) is 18.2 Å². The lowest BCUT2D eigenvalue weighted by molar-refractivity contribution is 0.335. The molecule has 1 aromatic rings. The Bertz CT molecular complexity index is 331. The number of hydrogen-bond acceptors (Lipinski definition) is 2. The SMILES string of the molecule is CCOc1ccc(C)cc1CNC1CC1. The zero-order chi connectivity index (χ0) is 10.7. The molecule has 1 aromatic carbocycles. The molecule has 0 unspecified atom stereocenters. The van der Waals surface area contributed by atoms with E-state index in [1.54, 1.807) is 0 Å². The first kappa shape index (κ1) is 10.5. The number of benzene rings is 1. The molecule has 0 aliphatic heterocycles. The molecule has 0 amide bonds. The zero-order valence-electron chi connectivity index (χ0n) is 9.55. The fourth-order valence-corrected chi connectivity index (χ4v) is 1.68. The maximum Gasteiger partial charge on any atom is 0.123 e. The van der Waals surface area contributed by atoms with Crippen LogP contribution < -0.4 is 10.1 Å². The van der Waals surface area contributed by atoms with Crippen molar-refractivity contribution in [3.8, 4) is 5.75 Å². The first-order valence-corrected chi connectivity index (χ1v) is 5.75. The molecule has 0 bridgehead atoms. The van der Waals surface area contributed by atoms with Gasteiger partial charge in [-0.15, -0.1) is 0 Å². The minimum absolute atomic E-state index is 0.736. The van der Waals surface area contributed by atoms with Gasteiger partial charge in [-0.3, -0.25) is 0 Å². The van der Waals surface area contributed by atoms with E-state index in [1.165, 1.54) is 24.0 Å². The van der Waals surface area contributed by atoms with Crippen LogP contribution in [-0.2, 0) is 6.54 Å². The van der Waals surface area contributed by atoms with Crippen LogP contribution in [0.4, 0.5) is 0 Å². The molecule has 1 fully saturated rings. The van der Waals surface area contributed by atoms with Crippen LogP contribution in [0.2, 0.25) is 0 Å². The molecular formula is C13H19NO. The Kier molecular flexibility index (Phi) is 3.27. The van der Waals surface area contributed by atoms with E-state index in [0.717, 1.165) is 24.9 Å². The summed E-state index contributed by atoms with van der Waals surface area (Å²) >= 11 is 0. The first-order valence-electron chi connectivity index (χ1n) is 5.75. The van der Waals surface area contributed by atoms with Crippen LogP contribution in [0.5, 0.6) is 5.75 Å². The summed E-state index contributed by atoms with van der Waals surface area (Å²) in [5, 5.41) is 3.52. The second-order valence-electron chi connectivity index (χ2n) is 4.20. The maximum absolute atomic E-state index is 5.60. The van der Waals surface area contributed by atoms with Crippen molar-refractivity contribution in [2.45, 2.75) is 39.3 Å². The van der Waals surface area contributed by atoms with Crippen molar-refractivity contribution in [3.05, 3.63) is 29.3 Å². The molecule has 0 aromatic heterocycles. The molecular weight excluding hydrogens is 186 g/mol. The molecule has 0 atom stereocenters. The van der Waals surface area contributed by atoms with E-state index in [0.29, 0.717) is 0 Å². The van der Waals surface area contributed by atoms with E-state index in [9.17, 15) is 0 Å². The van der Waals surface area contributed by atoms with E-state index in [4.69, 9.17) is 4.74 Å². The molecule has 15 heavy (non-hydrogen) atoms. The monoisotopic (exact) mass is 205 g/mol. The summed E-state index contributed by atoms with van der Waals surface area (Å²) in [6, 6.07) is 7.13. The predicted octanol–water partition coefficient (Wildman–Crippen LogP) is 2.65. The number of ether oxygens (including phenoxy) is 1. The average Bonchev–Trinajstić information content (AvgIpc) is 3.02. The third-order valence-corrected chi connectivity index (χ3v) is 2.67. The van der Waals surface area contributed by atoms with Gasteiger partial charge in [0.25, 0.3) is 0 Å². The van der Waals surface area contributed by atoms with Gasteiger partial charge in [0.05, 0.1) is 6.61 Å². The molecule has 2 nitrogen and oxygen atoms in total. The average molecular weight is 205 g/mol. The highest BCUT2D eigenvalue weighted by Crippen LogP contribution is 2.23. The van der Waals surface area contributed by atoms with E-state index < -0.39 is 0 Å². The van der Waals surface area contributed by atoms with E-state index in [1.807, 2.05) is 6.92 Å². The lowest BCUT2D eigenvalue weighted by Gasteiger charge is -2.11. The topological polar surface area (TPSA) is 21.3 Å². The fourth-order valence-electron chi connectivity index (χ4n) is 1.68. The van der Waals surface area contributed by atoms with E-state index in [-0.39, 0.29) is 0 Å². The normalized spacial score (nSPS) is 15.3. The molecule has 2 heteroatoms. The highest BCUT2D eigenvalue weighted by molar-refractivity contribution is 5.36. The summed E-state index contributed by atoms with van der Waals surface area (Å²) in [6.07, 6.45) is 2.66. The van der Waals surface area contributed by atoms with Crippen molar-refractivity contribution < 1.29 is 4.74 Å². The van der Waals surface area contributed by atoms with E-state index in [2.05, 4.69) is 30.4 Å². The standard InChI is InChI=1S/C13H19NO/c1-3-15-13-7-4-10(2)8-11(13)9-14-12-5-6-12/h4,7-8,12,14H,3,5-6,9H2,1-2H3. The molecule has 0 saturated heterocycles.